The van der Waals surface area contributed by atoms with Crippen LogP contribution in [-0.4, -0.2) is 4.57 Å². The summed E-state index contributed by atoms with van der Waals surface area (Å²) >= 11 is 3.65. The van der Waals surface area contributed by atoms with Crippen LogP contribution in [-0.2, 0) is 0 Å². The van der Waals surface area contributed by atoms with Gasteiger partial charge in [-0.15, -0.1) is 22.7 Å². The van der Waals surface area contributed by atoms with Gasteiger partial charge in [0.1, 0.15) is 0 Å². The molecule has 114 heavy (non-hydrogen) atoms. The van der Waals surface area contributed by atoms with Crippen LogP contribution < -0.4 is 19.6 Å². The number of aromatic nitrogens is 1. The zero-order valence-electron chi connectivity index (χ0n) is 62.4. The Kier molecular flexibility index (Phi) is 18.2. The average molecular weight is 1490 g/mol. The van der Waals surface area contributed by atoms with E-state index in [-0.39, 0.29) is 5.92 Å². The predicted molar refractivity (Wildman–Crippen MR) is 485 cm³/mol. The lowest BCUT2D eigenvalue weighted by molar-refractivity contribution is 1.04. The van der Waals surface area contributed by atoms with Crippen LogP contribution in [0.2, 0.25) is 0 Å². The van der Waals surface area contributed by atoms with Gasteiger partial charge in [0.2, 0.25) is 0 Å². The van der Waals surface area contributed by atoms with E-state index in [1.54, 1.807) is 0 Å². The van der Waals surface area contributed by atoms with Gasteiger partial charge in [-0.05, 0) is 261 Å². The Hall–Kier alpha value is -14.3. The molecule has 7 heteroatoms. The zero-order valence-corrected chi connectivity index (χ0v) is 64.0. The molecule has 0 amide bonds. The molecule has 0 radical (unpaired) electrons. The first kappa shape index (κ1) is 68.9. The Morgan fingerprint density at radius 3 is 0.851 bits per heavy atom. The van der Waals surface area contributed by atoms with Crippen molar-refractivity contribution in [1.29, 1.82) is 0 Å². The van der Waals surface area contributed by atoms with Crippen molar-refractivity contribution in [2.24, 2.45) is 0 Å². The van der Waals surface area contributed by atoms with Gasteiger partial charge in [0.05, 0.1) is 11.0 Å². The van der Waals surface area contributed by atoms with Crippen LogP contribution in [0.4, 0.5) is 68.2 Å². The minimum absolute atomic E-state index is 0.00198. The number of thiophene rings is 2. The predicted octanol–water partition coefficient (Wildman–Crippen LogP) is 30.9. The van der Waals surface area contributed by atoms with Crippen molar-refractivity contribution in [1.82, 2.24) is 4.57 Å². The molecule has 0 aliphatic heterocycles. The molecule has 1 aliphatic rings. The van der Waals surface area contributed by atoms with Gasteiger partial charge in [-0.3, -0.25) is 0 Å². The van der Waals surface area contributed by atoms with Gasteiger partial charge in [0.25, 0.3) is 0 Å². The highest BCUT2D eigenvalue weighted by atomic mass is 32.1. The third kappa shape index (κ3) is 13.1. The number of rotatable bonds is 19. The Morgan fingerprint density at radius 1 is 0.211 bits per heavy atom. The second-order valence-electron chi connectivity index (χ2n) is 28.9. The Labute approximate surface area is 673 Å². The average Bonchev–Trinajstić information content (AvgIpc) is 1.73. The molecule has 1 unspecified atom stereocenters. The maximum Gasteiger partial charge on any atom is 0.0541 e. The fraction of sp³-hybridized carbons (Fsp3) is 0.00935. The summed E-state index contributed by atoms with van der Waals surface area (Å²) in [6.07, 6.45) is 0. The van der Waals surface area contributed by atoms with Gasteiger partial charge in [0.15, 0.2) is 0 Å². The van der Waals surface area contributed by atoms with Crippen molar-refractivity contribution < 1.29 is 0 Å². The molecule has 3 heterocycles. The summed E-state index contributed by atoms with van der Waals surface area (Å²) in [6.45, 7) is 4.78. The maximum atomic E-state index is 4.78. The van der Waals surface area contributed by atoms with E-state index in [2.05, 4.69) is 461 Å². The molecule has 1 atom stereocenters. The van der Waals surface area contributed by atoms with Crippen LogP contribution in [0, 0.1) is 0 Å². The third-order valence-corrected chi connectivity index (χ3v) is 24.5. The van der Waals surface area contributed by atoms with Crippen LogP contribution in [0.25, 0.3) is 97.1 Å². The van der Waals surface area contributed by atoms with Crippen molar-refractivity contribution in [2.45, 2.75) is 5.92 Å². The van der Waals surface area contributed by atoms with Crippen molar-refractivity contribution in [3.8, 4) is 69.7 Å². The van der Waals surface area contributed by atoms with E-state index in [9.17, 15) is 0 Å². The summed E-state index contributed by atoms with van der Waals surface area (Å²) in [5, 5.41) is 2.47. The van der Waals surface area contributed by atoms with E-state index >= 15 is 0 Å². The summed E-state index contributed by atoms with van der Waals surface area (Å²) in [6, 6.07) is 159. The van der Waals surface area contributed by atoms with Crippen molar-refractivity contribution in [2.75, 3.05) is 19.6 Å². The number of para-hydroxylation sites is 4. The van der Waals surface area contributed by atoms with Crippen LogP contribution in [0.15, 0.2) is 443 Å². The molecule has 0 saturated heterocycles. The largest absolute Gasteiger partial charge is 0.311 e. The minimum atomic E-state index is 0.00198. The minimum Gasteiger partial charge on any atom is -0.311 e. The molecule has 0 fully saturated rings. The lowest BCUT2D eigenvalue weighted by Crippen LogP contribution is -2.13. The number of hydrogen-bond donors (Lipinski definition) is 0. The molecule has 0 spiro atoms. The summed E-state index contributed by atoms with van der Waals surface area (Å²) in [7, 11) is 0. The normalized spacial score (nSPS) is 12.3. The molecular formula is C107H75N5S2. The first-order chi connectivity index (χ1) is 56.4. The van der Waals surface area contributed by atoms with Gasteiger partial charge in [0, 0.05) is 110 Å². The topological polar surface area (TPSA) is 17.9 Å². The molecule has 540 valence electrons. The second-order valence-corrected chi connectivity index (χ2v) is 31.0. The quantitative estimate of drug-likeness (QED) is 0.0803. The molecule has 0 saturated carbocycles. The summed E-state index contributed by atoms with van der Waals surface area (Å²) < 4.78 is 2.38. The molecule has 20 rings (SSSR count). The fourth-order valence-corrected chi connectivity index (χ4v) is 18.6. The van der Waals surface area contributed by atoms with E-state index in [4.69, 9.17) is 6.58 Å². The van der Waals surface area contributed by atoms with Crippen LogP contribution in [0.3, 0.4) is 0 Å². The highest BCUT2D eigenvalue weighted by Crippen LogP contribution is 2.51. The molecule has 5 nitrogen and oxygen atoms in total. The highest BCUT2D eigenvalue weighted by molar-refractivity contribution is 7.19. The van der Waals surface area contributed by atoms with E-state index < -0.39 is 0 Å². The van der Waals surface area contributed by atoms with E-state index in [0.29, 0.717) is 0 Å². The highest BCUT2D eigenvalue weighted by Gasteiger charge is 2.30. The number of anilines is 12. The van der Waals surface area contributed by atoms with Gasteiger partial charge < -0.3 is 24.2 Å². The van der Waals surface area contributed by atoms with E-state index in [0.717, 1.165) is 90.6 Å². The van der Waals surface area contributed by atoms with Crippen molar-refractivity contribution in [3.63, 3.8) is 0 Å². The summed E-state index contributed by atoms with van der Waals surface area (Å²) in [5.41, 5.74) is 30.4. The van der Waals surface area contributed by atoms with E-state index in [1.165, 1.54) is 91.4 Å². The first-order valence-corrected chi connectivity index (χ1v) is 40.4. The summed E-state index contributed by atoms with van der Waals surface area (Å²) in [4.78, 5) is 14.4. The Bertz CT molecular complexity index is 6570. The molecule has 0 bridgehead atoms. The van der Waals surface area contributed by atoms with Crippen LogP contribution in [0.1, 0.15) is 22.6 Å². The van der Waals surface area contributed by atoms with Gasteiger partial charge in [-0.1, -0.05) is 249 Å². The second kappa shape index (κ2) is 30.2. The smallest absolute Gasteiger partial charge is 0.0541 e. The first-order valence-electron chi connectivity index (χ1n) is 38.7. The number of benzene rings is 16. The molecular weight excluding hydrogens is 1420 g/mol. The van der Waals surface area contributed by atoms with Gasteiger partial charge >= 0.3 is 0 Å². The third-order valence-electron chi connectivity index (χ3n) is 22.1. The lowest BCUT2D eigenvalue weighted by atomic mass is 9.73. The molecule has 16 aromatic carbocycles. The standard InChI is InChI=1S/C107H75N5S2/c1-74-95-30-14-15-31-96(95)97-32-16-17-35-100(97)107(74)81-46-56-88(57-47-81)110(91-62-58-89(59-63-91)108(82-26-10-4-11-27-82)86-52-42-79(43-53-86)105-72-70-103(113-105)77-22-6-2-7-23-77)84-48-38-75(39-49-84)76-40-50-85(51-41-76)111(93-66-68-94(69-67-93)112-101-36-20-18-33-98(101)99-34-19-21-37-102(99)112)92-64-60-90(61-65-92)109(83-28-12-5-13-29-83)87-54-44-80(45-55-87)106-73-71-104(114-106)78-24-8-3-9-25-78/h2-73,107H,1H2. The van der Waals surface area contributed by atoms with E-state index in [1.807, 2.05) is 22.7 Å². The Morgan fingerprint density at radius 2 is 0.474 bits per heavy atom. The van der Waals surface area contributed by atoms with Crippen molar-refractivity contribution in [3.05, 3.63) is 460 Å². The monoisotopic (exact) mass is 1490 g/mol. The SMILES string of the molecule is C=C1c2ccccc2-c2ccccc2C1c1ccc(N(c2ccc(-c3ccc(N(c4ccc(N(c5ccccc5)c5ccc(-c6ccc(-c7ccccc7)s6)cc5)cc4)c4ccc(-n5c6ccccc6c6ccccc65)cc4)cc3)cc2)c2ccc(N(c3ccccc3)c3ccc(-c4ccc(-c5ccccc5)s4)cc3)cc2)cc1. The molecule has 3 aromatic heterocycles. The number of fused-ring (bicyclic) bond motifs is 6. The van der Waals surface area contributed by atoms with Gasteiger partial charge in [-0.2, -0.15) is 0 Å². The van der Waals surface area contributed by atoms with Gasteiger partial charge in [-0.25, -0.2) is 0 Å². The zero-order chi connectivity index (χ0) is 75.8. The van der Waals surface area contributed by atoms with Crippen LogP contribution in [0.5, 0.6) is 0 Å². The van der Waals surface area contributed by atoms with Crippen molar-refractivity contribution >= 4 is 118 Å². The lowest BCUT2D eigenvalue weighted by Gasteiger charge is -2.31. The molecule has 0 N–H and O–H groups in total. The van der Waals surface area contributed by atoms with Crippen LogP contribution >= 0.6 is 22.7 Å². The molecule has 19 aromatic rings. The number of hydrogen-bond acceptors (Lipinski definition) is 6. The maximum absolute atomic E-state index is 4.78. The summed E-state index contributed by atoms with van der Waals surface area (Å²) in [5.74, 6) is 0.00198. The number of nitrogens with zero attached hydrogens (tertiary/aromatic N) is 5. The number of allylic oxidation sites excluding steroid dienone is 1. The Balaban J connectivity index is 0.637. The fourth-order valence-electron chi connectivity index (χ4n) is 16.6. The molecule has 1 aliphatic carbocycles.